The number of hydrogen-bond acceptors (Lipinski definition) is 6. The van der Waals surface area contributed by atoms with Crippen molar-refractivity contribution >= 4 is 33.3 Å². The fourth-order valence-electron chi connectivity index (χ4n) is 3.05. The van der Waals surface area contributed by atoms with Crippen molar-refractivity contribution in [2.24, 2.45) is 0 Å². The first kappa shape index (κ1) is 19.9. The summed E-state index contributed by atoms with van der Waals surface area (Å²) in [4.78, 5) is 17.2. The molecule has 7 nitrogen and oxygen atoms in total. The number of fused-ring (bicyclic) bond motifs is 1. The summed E-state index contributed by atoms with van der Waals surface area (Å²) in [6, 6.07) is 13.3. The maximum absolute atomic E-state index is 12.5. The summed E-state index contributed by atoms with van der Waals surface area (Å²) < 4.78 is 13.6. The van der Waals surface area contributed by atoms with Gasteiger partial charge in [0.15, 0.2) is 6.61 Å². The van der Waals surface area contributed by atoms with Gasteiger partial charge in [-0.05, 0) is 56.2 Å². The number of anilines is 1. The third-order valence-electron chi connectivity index (χ3n) is 4.78. The topological polar surface area (TPSA) is 78.3 Å². The van der Waals surface area contributed by atoms with Crippen LogP contribution in [0.4, 0.5) is 5.82 Å². The second kappa shape index (κ2) is 8.16. The largest absolute Gasteiger partial charge is 0.497 e. The molecule has 0 unspecified atom stereocenters. The smallest absolute Gasteiger partial charge is 0.263 e. The fourth-order valence-corrected chi connectivity index (χ4v) is 4.01. The number of benzene rings is 2. The molecule has 4 aromatic rings. The summed E-state index contributed by atoms with van der Waals surface area (Å²) >= 11 is 1.48. The van der Waals surface area contributed by atoms with Crippen molar-refractivity contribution in [1.29, 1.82) is 0 Å². The Labute approximate surface area is 178 Å². The van der Waals surface area contributed by atoms with Crippen LogP contribution in [-0.2, 0) is 4.79 Å². The number of thiazole rings is 1. The number of methoxy groups -OCH3 is 1. The molecule has 1 N–H and O–H groups in total. The predicted octanol–water partition coefficient (Wildman–Crippen LogP) is 4.43. The third kappa shape index (κ3) is 3.99. The SMILES string of the molecule is COc1ccc2nc(-n3nc(C)cc3NC(=O)COc3cccc(C)c3C)sc2c1. The lowest BCUT2D eigenvalue weighted by Crippen LogP contribution is -2.22. The van der Waals surface area contributed by atoms with Crippen molar-refractivity contribution in [3.63, 3.8) is 0 Å². The van der Waals surface area contributed by atoms with E-state index < -0.39 is 0 Å². The van der Waals surface area contributed by atoms with Gasteiger partial charge in [-0.1, -0.05) is 23.5 Å². The molecule has 0 fully saturated rings. The number of aryl methyl sites for hydroxylation is 2. The highest BCUT2D eigenvalue weighted by molar-refractivity contribution is 7.20. The molecule has 2 aromatic carbocycles. The van der Waals surface area contributed by atoms with E-state index in [2.05, 4.69) is 15.4 Å². The van der Waals surface area contributed by atoms with Crippen LogP contribution >= 0.6 is 11.3 Å². The normalized spacial score (nSPS) is 10.9. The van der Waals surface area contributed by atoms with E-state index in [1.54, 1.807) is 11.8 Å². The number of nitrogens with one attached hydrogen (secondary N) is 1. The highest BCUT2D eigenvalue weighted by atomic mass is 32.1. The lowest BCUT2D eigenvalue weighted by Gasteiger charge is -2.11. The van der Waals surface area contributed by atoms with Crippen LogP contribution in [0.3, 0.4) is 0 Å². The molecule has 154 valence electrons. The van der Waals surface area contributed by atoms with Crippen LogP contribution in [-0.4, -0.2) is 34.4 Å². The highest BCUT2D eigenvalue weighted by Gasteiger charge is 2.15. The van der Waals surface area contributed by atoms with E-state index in [0.29, 0.717) is 16.7 Å². The average molecular weight is 423 g/mol. The van der Waals surface area contributed by atoms with Gasteiger partial charge in [-0.3, -0.25) is 4.79 Å². The Hall–Kier alpha value is -3.39. The Kier molecular flexibility index (Phi) is 5.41. The van der Waals surface area contributed by atoms with Gasteiger partial charge in [-0.2, -0.15) is 9.78 Å². The molecule has 0 aliphatic rings. The summed E-state index contributed by atoms with van der Waals surface area (Å²) in [6.07, 6.45) is 0. The first-order valence-corrected chi connectivity index (χ1v) is 10.3. The predicted molar refractivity (Wildman–Crippen MR) is 118 cm³/mol. The molecule has 0 spiro atoms. The zero-order chi connectivity index (χ0) is 21.3. The Morgan fingerprint density at radius 2 is 2.00 bits per heavy atom. The molecule has 8 heteroatoms. The van der Waals surface area contributed by atoms with E-state index in [0.717, 1.165) is 32.8 Å². The first-order chi connectivity index (χ1) is 14.4. The second-order valence-corrected chi connectivity index (χ2v) is 7.96. The molecule has 2 aromatic heterocycles. The molecule has 30 heavy (non-hydrogen) atoms. The Morgan fingerprint density at radius 1 is 1.17 bits per heavy atom. The van der Waals surface area contributed by atoms with E-state index in [-0.39, 0.29) is 12.5 Å². The van der Waals surface area contributed by atoms with Crippen LogP contribution in [0.25, 0.3) is 15.3 Å². The van der Waals surface area contributed by atoms with Crippen LogP contribution in [0.15, 0.2) is 42.5 Å². The lowest BCUT2D eigenvalue weighted by molar-refractivity contribution is -0.118. The summed E-state index contributed by atoms with van der Waals surface area (Å²) in [5.74, 6) is 1.76. The number of carbonyl (C=O) groups excluding carboxylic acids is 1. The van der Waals surface area contributed by atoms with Crippen LogP contribution < -0.4 is 14.8 Å². The van der Waals surface area contributed by atoms with Gasteiger partial charge >= 0.3 is 0 Å². The molecule has 0 aliphatic carbocycles. The molecule has 2 heterocycles. The van der Waals surface area contributed by atoms with Gasteiger partial charge in [0.2, 0.25) is 5.13 Å². The minimum Gasteiger partial charge on any atom is -0.497 e. The van der Waals surface area contributed by atoms with E-state index >= 15 is 0 Å². The molecule has 0 saturated carbocycles. The Morgan fingerprint density at radius 3 is 2.80 bits per heavy atom. The van der Waals surface area contributed by atoms with Crippen molar-refractivity contribution in [3.05, 3.63) is 59.3 Å². The van der Waals surface area contributed by atoms with Crippen LogP contribution in [0.2, 0.25) is 0 Å². The lowest BCUT2D eigenvalue weighted by atomic mass is 10.1. The van der Waals surface area contributed by atoms with Crippen molar-refractivity contribution in [3.8, 4) is 16.6 Å². The van der Waals surface area contributed by atoms with E-state index in [1.165, 1.54) is 11.3 Å². The van der Waals surface area contributed by atoms with Gasteiger partial charge < -0.3 is 14.8 Å². The molecular weight excluding hydrogens is 400 g/mol. The molecule has 1 amide bonds. The summed E-state index contributed by atoms with van der Waals surface area (Å²) in [6.45, 7) is 5.76. The van der Waals surface area contributed by atoms with Crippen LogP contribution in [0.5, 0.6) is 11.5 Å². The quantitative estimate of drug-likeness (QED) is 0.497. The molecule has 4 rings (SSSR count). The molecule has 0 atom stereocenters. The minimum absolute atomic E-state index is 0.0917. The molecule has 0 bridgehead atoms. The van der Waals surface area contributed by atoms with Gasteiger partial charge in [-0.15, -0.1) is 0 Å². The minimum atomic E-state index is -0.264. The van der Waals surface area contributed by atoms with Gasteiger partial charge in [0.1, 0.15) is 17.3 Å². The summed E-state index contributed by atoms with van der Waals surface area (Å²) in [5, 5.41) is 8.04. The zero-order valence-electron chi connectivity index (χ0n) is 17.2. The van der Waals surface area contributed by atoms with E-state index in [1.807, 2.05) is 63.2 Å². The number of hydrogen-bond donors (Lipinski definition) is 1. The Bertz CT molecular complexity index is 1230. The van der Waals surface area contributed by atoms with Crippen LogP contribution in [0, 0.1) is 20.8 Å². The number of nitrogens with zero attached hydrogens (tertiary/aromatic N) is 3. The number of ether oxygens (including phenoxy) is 2. The zero-order valence-corrected chi connectivity index (χ0v) is 18.0. The maximum Gasteiger partial charge on any atom is 0.263 e. The molecule has 0 radical (unpaired) electrons. The van der Waals surface area contributed by atoms with Crippen molar-refractivity contribution < 1.29 is 14.3 Å². The van der Waals surface area contributed by atoms with Gasteiger partial charge in [-0.25, -0.2) is 4.98 Å². The van der Waals surface area contributed by atoms with Crippen molar-refractivity contribution in [1.82, 2.24) is 14.8 Å². The van der Waals surface area contributed by atoms with Gasteiger partial charge in [0.25, 0.3) is 5.91 Å². The Balaban J connectivity index is 1.53. The highest BCUT2D eigenvalue weighted by Crippen LogP contribution is 2.30. The first-order valence-electron chi connectivity index (χ1n) is 9.45. The molecular formula is C22H22N4O3S. The number of carbonyl (C=O) groups is 1. The van der Waals surface area contributed by atoms with Crippen LogP contribution in [0.1, 0.15) is 16.8 Å². The standard InChI is InChI=1S/C22H22N4O3S/c1-13-6-5-7-18(15(13)3)29-12-21(27)24-20-10-14(2)25-26(20)22-23-17-9-8-16(28-4)11-19(17)30-22/h5-11H,12H2,1-4H3,(H,24,27). The number of rotatable bonds is 6. The second-order valence-electron chi connectivity index (χ2n) is 6.95. The monoisotopic (exact) mass is 422 g/mol. The van der Waals surface area contributed by atoms with E-state index in [9.17, 15) is 4.79 Å². The summed E-state index contributed by atoms with van der Waals surface area (Å²) in [5.41, 5.74) is 3.77. The maximum atomic E-state index is 12.5. The fraction of sp³-hybridized carbons (Fsp3) is 0.227. The number of aromatic nitrogens is 3. The molecule has 0 saturated heterocycles. The van der Waals surface area contributed by atoms with E-state index in [4.69, 9.17) is 9.47 Å². The summed E-state index contributed by atoms with van der Waals surface area (Å²) in [7, 11) is 1.63. The van der Waals surface area contributed by atoms with Crippen molar-refractivity contribution in [2.45, 2.75) is 20.8 Å². The number of amides is 1. The third-order valence-corrected chi connectivity index (χ3v) is 5.77. The average Bonchev–Trinajstić information content (AvgIpc) is 3.31. The molecule has 0 aliphatic heterocycles. The van der Waals surface area contributed by atoms with Crippen molar-refractivity contribution in [2.75, 3.05) is 19.0 Å². The van der Waals surface area contributed by atoms with Gasteiger partial charge in [0, 0.05) is 6.07 Å². The van der Waals surface area contributed by atoms with Gasteiger partial charge in [0.05, 0.1) is 23.0 Å².